The zero-order valence-electron chi connectivity index (χ0n) is 17.4. The zero-order valence-corrected chi connectivity index (χ0v) is 18.2. The lowest BCUT2D eigenvalue weighted by Gasteiger charge is -2.31. The Balaban J connectivity index is 1.53. The van der Waals surface area contributed by atoms with E-state index in [1.165, 1.54) is 12.1 Å². The lowest BCUT2D eigenvalue weighted by Crippen LogP contribution is -2.42. The molecule has 0 spiro atoms. The number of hydrogen-bond acceptors (Lipinski definition) is 4. The fraction of sp³-hybridized carbons (Fsp3) is 0.391. The Morgan fingerprint density at radius 1 is 1.00 bits per heavy atom. The van der Waals surface area contributed by atoms with Crippen molar-refractivity contribution >= 4 is 21.7 Å². The van der Waals surface area contributed by atoms with E-state index in [-0.39, 0.29) is 22.6 Å². The predicted octanol–water partition coefficient (Wildman–Crippen LogP) is 3.04. The predicted molar refractivity (Wildman–Crippen MR) is 116 cm³/mol. The second-order valence-electron chi connectivity index (χ2n) is 7.89. The fourth-order valence-corrected chi connectivity index (χ4v) is 4.58. The first kappa shape index (κ1) is 22.0. The molecule has 2 amide bonds. The van der Waals surface area contributed by atoms with Gasteiger partial charge in [-0.15, -0.1) is 0 Å². The summed E-state index contributed by atoms with van der Waals surface area (Å²) in [6, 6.07) is 15.9. The van der Waals surface area contributed by atoms with Gasteiger partial charge in [0, 0.05) is 31.1 Å². The summed E-state index contributed by atoms with van der Waals surface area (Å²) in [6.07, 6.45) is 1.23. The highest BCUT2D eigenvalue weighted by Gasteiger charge is 2.28. The van der Waals surface area contributed by atoms with Crippen LogP contribution in [0.3, 0.4) is 0 Å². The minimum atomic E-state index is -3.36. The van der Waals surface area contributed by atoms with E-state index in [0.29, 0.717) is 38.0 Å². The van der Waals surface area contributed by atoms with Gasteiger partial charge in [-0.05, 0) is 56.5 Å². The second-order valence-corrected chi connectivity index (χ2v) is 10.4. The third-order valence-corrected chi connectivity index (χ3v) is 7.68. The lowest BCUT2D eigenvalue weighted by molar-refractivity contribution is -0.126. The number of benzene rings is 2. The summed E-state index contributed by atoms with van der Waals surface area (Å²) in [7, 11) is -3.36. The minimum absolute atomic E-state index is 0.0224. The highest BCUT2D eigenvalue weighted by molar-refractivity contribution is 7.92. The number of nitrogens with zero attached hydrogens (tertiary/aromatic N) is 1. The second kappa shape index (κ2) is 9.43. The molecule has 1 fully saturated rings. The molecule has 30 heavy (non-hydrogen) atoms. The van der Waals surface area contributed by atoms with Crippen molar-refractivity contribution in [1.29, 1.82) is 0 Å². The van der Waals surface area contributed by atoms with Crippen molar-refractivity contribution in [2.24, 2.45) is 5.92 Å². The van der Waals surface area contributed by atoms with E-state index in [1.54, 1.807) is 30.9 Å². The van der Waals surface area contributed by atoms with Gasteiger partial charge in [-0.2, -0.15) is 0 Å². The monoisotopic (exact) mass is 428 g/mol. The van der Waals surface area contributed by atoms with Crippen molar-refractivity contribution in [1.82, 2.24) is 10.2 Å². The maximum Gasteiger partial charge on any atom is 0.253 e. The van der Waals surface area contributed by atoms with Crippen LogP contribution in [0.15, 0.2) is 59.5 Å². The van der Waals surface area contributed by atoms with Gasteiger partial charge in [-0.3, -0.25) is 9.59 Å². The van der Waals surface area contributed by atoms with Gasteiger partial charge < -0.3 is 10.2 Å². The molecule has 2 aromatic rings. The molecule has 0 atom stereocenters. The molecule has 1 aliphatic heterocycles. The average Bonchev–Trinajstić information content (AvgIpc) is 2.77. The zero-order chi connectivity index (χ0) is 21.7. The summed E-state index contributed by atoms with van der Waals surface area (Å²) in [5, 5.41) is 2.47. The van der Waals surface area contributed by atoms with Gasteiger partial charge >= 0.3 is 0 Å². The van der Waals surface area contributed by atoms with Crippen LogP contribution in [0.1, 0.15) is 42.6 Å². The molecule has 3 rings (SSSR count). The first-order chi connectivity index (χ1) is 14.3. The van der Waals surface area contributed by atoms with Crippen LogP contribution < -0.4 is 5.32 Å². The van der Waals surface area contributed by atoms with Crippen LogP contribution in [-0.2, 0) is 21.2 Å². The molecule has 1 heterocycles. The Hall–Kier alpha value is -2.67. The molecule has 0 radical (unpaired) electrons. The number of carbonyl (C=O) groups is 2. The molecule has 1 saturated heterocycles. The van der Waals surface area contributed by atoms with E-state index in [2.05, 4.69) is 5.32 Å². The van der Waals surface area contributed by atoms with Gasteiger partial charge in [-0.25, -0.2) is 8.42 Å². The van der Waals surface area contributed by atoms with Gasteiger partial charge in [0.25, 0.3) is 5.91 Å². The maximum atomic E-state index is 12.8. The van der Waals surface area contributed by atoms with E-state index in [0.717, 1.165) is 5.56 Å². The molecule has 6 nitrogen and oxygen atoms in total. The number of rotatable bonds is 6. The van der Waals surface area contributed by atoms with Crippen molar-refractivity contribution < 1.29 is 18.0 Å². The number of likely N-dealkylation sites (tertiary alicyclic amines) is 1. The summed E-state index contributed by atoms with van der Waals surface area (Å²) in [4.78, 5) is 27.1. The van der Waals surface area contributed by atoms with Crippen LogP contribution in [0.25, 0.3) is 0 Å². The maximum absolute atomic E-state index is 12.8. The number of amides is 2. The first-order valence-electron chi connectivity index (χ1n) is 10.2. The average molecular weight is 429 g/mol. The Morgan fingerprint density at radius 3 is 2.17 bits per heavy atom. The van der Waals surface area contributed by atoms with Gasteiger partial charge in [0.1, 0.15) is 0 Å². The highest BCUT2D eigenvalue weighted by Crippen LogP contribution is 2.21. The molecule has 0 aliphatic carbocycles. The Labute approximate surface area is 178 Å². The molecule has 2 aromatic carbocycles. The lowest BCUT2D eigenvalue weighted by atomic mass is 9.95. The van der Waals surface area contributed by atoms with Crippen LogP contribution in [0.5, 0.6) is 0 Å². The summed E-state index contributed by atoms with van der Waals surface area (Å²) in [5.74, 6) is -0.211. The van der Waals surface area contributed by atoms with Crippen molar-refractivity contribution in [3.63, 3.8) is 0 Å². The Bertz CT molecular complexity index is 978. The third-order valence-electron chi connectivity index (χ3n) is 5.51. The van der Waals surface area contributed by atoms with Gasteiger partial charge in [-0.1, -0.05) is 30.3 Å². The molecule has 0 bridgehead atoms. The molecule has 0 aromatic heterocycles. The molecule has 1 N–H and O–H groups in total. The Kier molecular flexibility index (Phi) is 6.92. The molecule has 0 saturated carbocycles. The molecule has 7 heteroatoms. The van der Waals surface area contributed by atoms with Gasteiger partial charge in [0.05, 0.1) is 10.1 Å². The van der Waals surface area contributed by atoms with Crippen LogP contribution in [0.4, 0.5) is 0 Å². The van der Waals surface area contributed by atoms with E-state index < -0.39 is 15.1 Å². The fourth-order valence-electron chi connectivity index (χ4n) is 3.52. The van der Waals surface area contributed by atoms with Crippen molar-refractivity contribution in [3.05, 3.63) is 65.7 Å². The van der Waals surface area contributed by atoms with Gasteiger partial charge in [0.15, 0.2) is 9.84 Å². The van der Waals surface area contributed by atoms with Crippen LogP contribution in [0, 0.1) is 5.92 Å². The molecular formula is C23H28N2O4S. The summed E-state index contributed by atoms with van der Waals surface area (Å²) in [6.45, 7) is 4.79. The first-order valence-corrected chi connectivity index (χ1v) is 11.8. The SMILES string of the molecule is CC(C)S(=O)(=O)c1ccc(C(=O)N2CCC(C(=O)NCc3ccccc3)CC2)cc1. The normalized spacial score (nSPS) is 15.2. The molecule has 0 unspecified atom stereocenters. The number of hydrogen-bond donors (Lipinski definition) is 1. The minimum Gasteiger partial charge on any atom is -0.352 e. The summed E-state index contributed by atoms with van der Waals surface area (Å²) in [5.41, 5.74) is 1.52. The quantitative estimate of drug-likeness (QED) is 0.767. The van der Waals surface area contributed by atoms with Crippen molar-refractivity contribution in [3.8, 4) is 0 Å². The smallest absolute Gasteiger partial charge is 0.253 e. The Morgan fingerprint density at radius 2 is 1.60 bits per heavy atom. The van der Waals surface area contributed by atoms with Crippen molar-refractivity contribution in [2.75, 3.05) is 13.1 Å². The molecule has 1 aliphatic rings. The summed E-state index contributed by atoms with van der Waals surface area (Å²) < 4.78 is 24.5. The molecular weight excluding hydrogens is 400 g/mol. The van der Waals surface area contributed by atoms with Gasteiger partial charge in [0.2, 0.25) is 5.91 Å². The van der Waals surface area contributed by atoms with Crippen molar-refractivity contribution in [2.45, 2.75) is 43.4 Å². The van der Waals surface area contributed by atoms with E-state index in [4.69, 9.17) is 0 Å². The molecule has 160 valence electrons. The topological polar surface area (TPSA) is 83.6 Å². The summed E-state index contributed by atoms with van der Waals surface area (Å²) >= 11 is 0. The van der Waals surface area contributed by atoms with E-state index in [1.807, 2.05) is 30.3 Å². The largest absolute Gasteiger partial charge is 0.352 e. The number of piperidine rings is 1. The van der Waals surface area contributed by atoms with E-state index >= 15 is 0 Å². The van der Waals surface area contributed by atoms with Crippen LogP contribution in [0.2, 0.25) is 0 Å². The highest BCUT2D eigenvalue weighted by atomic mass is 32.2. The number of sulfone groups is 1. The number of carbonyl (C=O) groups excluding carboxylic acids is 2. The number of nitrogens with one attached hydrogen (secondary N) is 1. The van der Waals surface area contributed by atoms with E-state index in [9.17, 15) is 18.0 Å². The van der Waals surface area contributed by atoms with Crippen LogP contribution >= 0.6 is 0 Å². The standard InChI is InChI=1S/C23H28N2O4S/c1-17(2)30(28,29)21-10-8-20(9-11-21)23(27)25-14-12-19(13-15-25)22(26)24-16-18-6-4-3-5-7-18/h3-11,17,19H,12-16H2,1-2H3,(H,24,26). The third kappa shape index (κ3) is 5.08. The van der Waals surface area contributed by atoms with Crippen LogP contribution in [-0.4, -0.2) is 43.5 Å².